The number of likely N-dealkylation sites (tertiary alicyclic amines) is 1. The molecule has 12 heteroatoms. The largest absolute Gasteiger partial charge is 0.480 e. The first-order chi connectivity index (χ1) is 14.8. The molecule has 3 amide bonds. The van der Waals surface area contributed by atoms with E-state index in [2.05, 4.69) is 20.6 Å². The van der Waals surface area contributed by atoms with Crippen LogP contribution in [-0.4, -0.2) is 81.4 Å². The molecule has 2 heterocycles. The van der Waals surface area contributed by atoms with E-state index >= 15 is 0 Å². The summed E-state index contributed by atoms with van der Waals surface area (Å²) in [7, 11) is 0. The van der Waals surface area contributed by atoms with E-state index < -0.39 is 42.5 Å². The highest BCUT2D eigenvalue weighted by atomic mass is 16.4. The van der Waals surface area contributed by atoms with Crippen LogP contribution in [-0.2, 0) is 25.6 Å². The number of carboxylic acid groups (broad SMARTS) is 1. The SMILES string of the molecule is NCCCCC(NC(=O)C(N)Cc1cnc[nH]1)C(=O)N1CCCC1C(=O)NCC(=O)O. The Morgan fingerprint density at radius 1 is 1.32 bits per heavy atom. The molecule has 2 rings (SSSR count). The Morgan fingerprint density at radius 2 is 2.10 bits per heavy atom. The molecule has 3 unspecified atom stereocenters. The third-order valence-corrected chi connectivity index (χ3v) is 5.15. The van der Waals surface area contributed by atoms with Crippen LogP contribution in [0, 0.1) is 0 Å². The summed E-state index contributed by atoms with van der Waals surface area (Å²) in [5.74, 6) is -2.54. The molecular formula is C19H31N7O5. The van der Waals surface area contributed by atoms with E-state index in [1.807, 2.05) is 0 Å². The number of aliphatic carboxylic acids is 1. The zero-order valence-corrected chi connectivity index (χ0v) is 17.4. The number of H-pyrrole nitrogens is 1. The van der Waals surface area contributed by atoms with Gasteiger partial charge in [0.25, 0.3) is 0 Å². The Balaban J connectivity index is 2.04. The van der Waals surface area contributed by atoms with Crippen molar-refractivity contribution in [2.45, 2.75) is 56.7 Å². The number of hydrogen-bond donors (Lipinski definition) is 6. The van der Waals surface area contributed by atoms with Gasteiger partial charge in [0.15, 0.2) is 0 Å². The second kappa shape index (κ2) is 12.0. The quantitative estimate of drug-likeness (QED) is 0.203. The minimum atomic E-state index is -1.16. The Morgan fingerprint density at radius 3 is 2.74 bits per heavy atom. The smallest absolute Gasteiger partial charge is 0.322 e. The number of carbonyl (C=O) groups excluding carboxylic acids is 3. The normalized spacial score (nSPS) is 17.7. The molecule has 0 aliphatic carbocycles. The van der Waals surface area contributed by atoms with Crippen LogP contribution in [0.2, 0.25) is 0 Å². The van der Waals surface area contributed by atoms with Gasteiger partial charge >= 0.3 is 5.97 Å². The van der Waals surface area contributed by atoms with Gasteiger partial charge in [-0.2, -0.15) is 0 Å². The fraction of sp³-hybridized carbons (Fsp3) is 0.632. The monoisotopic (exact) mass is 437 g/mol. The number of nitrogens with zero attached hydrogens (tertiary/aromatic N) is 2. The molecule has 0 aromatic carbocycles. The average Bonchev–Trinajstić information content (AvgIpc) is 3.42. The number of carbonyl (C=O) groups is 4. The van der Waals surface area contributed by atoms with Crippen molar-refractivity contribution in [1.82, 2.24) is 25.5 Å². The maximum atomic E-state index is 13.2. The second-order valence-corrected chi connectivity index (χ2v) is 7.53. The van der Waals surface area contributed by atoms with Crippen molar-refractivity contribution in [3.05, 3.63) is 18.2 Å². The van der Waals surface area contributed by atoms with Crippen LogP contribution in [0.4, 0.5) is 0 Å². The topological polar surface area (TPSA) is 197 Å². The molecular weight excluding hydrogens is 406 g/mol. The van der Waals surface area contributed by atoms with Crippen LogP contribution in [0.25, 0.3) is 0 Å². The van der Waals surface area contributed by atoms with Crippen molar-refractivity contribution < 1.29 is 24.3 Å². The van der Waals surface area contributed by atoms with Crippen LogP contribution in [0.5, 0.6) is 0 Å². The molecule has 3 atom stereocenters. The van der Waals surface area contributed by atoms with E-state index in [9.17, 15) is 19.2 Å². The number of unbranched alkanes of at least 4 members (excludes halogenated alkanes) is 1. The fourth-order valence-corrected chi connectivity index (χ4v) is 3.54. The summed E-state index contributed by atoms with van der Waals surface area (Å²) in [6, 6.07) is -2.49. The lowest BCUT2D eigenvalue weighted by molar-refractivity contribution is -0.143. The molecule has 12 nitrogen and oxygen atoms in total. The summed E-state index contributed by atoms with van der Waals surface area (Å²) in [5.41, 5.74) is 12.2. The first-order valence-electron chi connectivity index (χ1n) is 10.4. The summed E-state index contributed by atoms with van der Waals surface area (Å²) in [6.45, 7) is 0.294. The lowest BCUT2D eigenvalue weighted by Gasteiger charge is -2.29. The van der Waals surface area contributed by atoms with Gasteiger partial charge in [-0.3, -0.25) is 19.2 Å². The maximum absolute atomic E-state index is 13.2. The molecule has 1 aliphatic heterocycles. The van der Waals surface area contributed by atoms with Crippen molar-refractivity contribution in [2.24, 2.45) is 11.5 Å². The van der Waals surface area contributed by atoms with E-state index in [-0.39, 0.29) is 12.3 Å². The number of carboxylic acids is 1. The molecule has 8 N–H and O–H groups in total. The molecule has 1 aromatic heterocycles. The summed E-state index contributed by atoms with van der Waals surface area (Å²) < 4.78 is 0. The molecule has 1 aliphatic rings. The van der Waals surface area contributed by atoms with Crippen LogP contribution in [0.3, 0.4) is 0 Å². The van der Waals surface area contributed by atoms with E-state index in [0.29, 0.717) is 50.9 Å². The van der Waals surface area contributed by atoms with Gasteiger partial charge in [0, 0.05) is 24.9 Å². The molecule has 0 bridgehead atoms. The molecule has 1 aromatic rings. The Bertz CT molecular complexity index is 755. The predicted octanol–water partition coefficient (Wildman–Crippen LogP) is -1.91. The molecule has 0 spiro atoms. The highest BCUT2D eigenvalue weighted by Gasteiger charge is 2.37. The number of nitrogens with one attached hydrogen (secondary N) is 3. The molecule has 172 valence electrons. The van der Waals surface area contributed by atoms with Gasteiger partial charge in [0.1, 0.15) is 18.6 Å². The number of amides is 3. The van der Waals surface area contributed by atoms with Gasteiger partial charge in [-0.05, 0) is 38.6 Å². The number of nitrogens with two attached hydrogens (primary N) is 2. The molecule has 1 saturated heterocycles. The van der Waals surface area contributed by atoms with Gasteiger partial charge < -0.3 is 37.1 Å². The van der Waals surface area contributed by atoms with Crippen LogP contribution in [0.1, 0.15) is 37.8 Å². The number of aromatic nitrogens is 2. The van der Waals surface area contributed by atoms with E-state index in [1.165, 1.54) is 11.2 Å². The van der Waals surface area contributed by atoms with Crippen molar-refractivity contribution in [1.29, 1.82) is 0 Å². The van der Waals surface area contributed by atoms with Crippen molar-refractivity contribution in [3.8, 4) is 0 Å². The zero-order chi connectivity index (χ0) is 22.8. The highest BCUT2D eigenvalue weighted by molar-refractivity contribution is 5.94. The Labute approximate surface area is 180 Å². The number of rotatable bonds is 12. The van der Waals surface area contributed by atoms with Gasteiger partial charge in [0.05, 0.1) is 12.4 Å². The molecule has 0 radical (unpaired) electrons. The Hall–Kier alpha value is -2.99. The Kier molecular flexibility index (Phi) is 9.40. The highest BCUT2D eigenvalue weighted by Crippen LogP contribution is 2.20. The minimum absolute atomic E-state index is 0.236. The molecule has 31 heavy (non-hydrogen) atoms. The summed E-state index contributed by atoms with van der Waals surface area (Å²) in [4.78, 5) is 57.1. The first kappa shape index (κ1) is 24.3. The zero-order valence-electron chi connectivity index (χ0n) is 17.4. The summed E-state index contributed by atoms with van der Waals surface area (Å²) in [6.07, 6.45) is 6.00. The predicted molar refractivity (Wildman–Crippen MR) is 110 cm³/mol. The average molecular weight is 438 g/mol. The number of imidazole rings is 1. The minimum Gasteiger partial charge on any atom is -0.480 e. The van der Waals surface area contributed by atoms with E-state index in [4.69, 9.17) is 16.6 Å². The molecule has 0 saturated carbocycles. The standard InChI is InChI=1S/C19H31N7O5/c20-6-2-1-4-14(25-17(29)13(21)8-12-9-22-11-24-12)19(31)26-7-3-5-15(26)18(30)23-10-16(27)28/h9,11,13-15H,1-8,10,20-21H2,(H,22,24)(H,23,30)(H,25,29)(H,27,28). The van der Waals surface area contributed by atoms with Crippen molar-refractivity contribution in [3.63, 3.8) is 0 Å². The van der Waals surface area contributed by atoms with Crippen molar-refractivity contribution >= 4 is 23.7 Å². The number of hydrogen-bond acceptors (Lipinski definition) is 7. The first-order valence-corrected chi connectivity index (χ1v) is 10.4. The lowest BCUT2D eigenvalue weighted by Crippen LogP contribution is -2.56. The van der Waals surface area contributed by atoms with Gasteiger partial charge in [-0.1, -0.05) is 0 Å². The third kappa shape index (κ3) is 7.33. The van der Waals surface area contributed by atoms with E-state index in [1.54, 1.807) is 6.20 Å². The van der Waals surface area contributed by atoms with Crippen LogP contribution < -0.4 is 22.1 Å². The second-order valence-electron chi connectivity index (χ2n) is 7.53. The van der Waals surface area contributed by atoms with Gasteiger partial charge in [-0.15, -0.1) is 0 Å². The fourth-order valence-electron chi connectivity index (χ4n) is 3.54. The van der Waals surface area contributed by atoms with Crippen LogP contribution >= 0.6 is 0 Å². The van der Waals surface area contributed by atoms with E-state index in [0.717, 1.165) is 0 Å². The number of aromatic amines is 1. The summed E-state index contributed by atoms with van der Waals surface area (Å²) in [5, 5.41) is 13.8. The van der Waals surface area contributed by atoms with Gasteiger partial charge in [0.2, 0.25) is 17.7 Å². The third-order valence-electron chi connectivity index (χ3n) is 5.15. The van der Waals surface area contributed by atoms with Gasteiger partial charge in [-0.25, -0.2) is 4.98 Å². The van der Waals surface area contributed by atoms with Crippen molar-refractivity contribution in [2.75, 3.05) is 19.6 Å². The molecule has 1 fully saturated rings. The summed E-state index contributed by atoms with van der Waals surface area (Å²) >= 11 is 0. The lowest BCUT2D eigenvalue weighted by atomic mass is 10.1. The maximum Gasteiger partial charge on any atom is 0.322 e. The van der Waals surface area contributed by atoms with Crippen LogP contribution in [0.15, 0.2) is 12.5 Å².